The Balaban J connectivity index is 2.03. The Kier molecular flexibility index (Phi) is 3.97. The summed E-state index contributed by atoms with van der Waals surface area (Å²) < 4.78 is 10.1. The van der Waals surface area contributed by atoms with Crippen molar-refractivity contribution in [3.8, 4) is 5.88 Å². The summed E-state index contributed by atoms with van der Waals surface area (Å²) in [5.41, 5.74) is 1.97. The number of hydrogen-bond acceptors (Lipinski definition) is 5. The molecule has 0 aliphatic carbocycles. The lowest BCUT2D eigenvalue weighted by atomic mass is 10.1. The van der Waals surface area contributed by atoms with Crippen LogP contribution in [-0.4, -0.2) is 35.1 Å². The highest BCUT2D eigenvalue weighted by molar-refractivity contribution is 6.06. The van der Waals surface area contributed by atoms with Gasteiger partial charge in [0, 0.05) is 24.6 Å². The van der Waals surface area contributed by atoms with E-state index in [1.165, 1.54) is 13.4 Å². The van der Waals surface area contributed by atoms with Crippen LogP contribution in [0.2, 0.25) is 0 Å². The molecule has 6 nitrogen and oxygen atoms in total. The van der Waals surface area contributed by atoms with Crippen LogP contribution in [-0.2, 0) is 0 Å². The first-order valence-electron chi connectivity index (χ1n) is 7.23. The predicted octanol–water partition coefficient (Wildman–Crippen LogP) is 3.06. The van der Waals surface area contributed by atoms with Gasteiger partial charge in [-0.1, -0.05) is 23.4 Å². The van der Waals surface area contributed by atoms with Crippen LogP contribution in [0.15, 0.2) is 47.2 Å². The van der Waals surface area contributed by atoms with Crippen LogP contribution in [0.4, 0.5) is 0 Å². The molecule has 0 saturated carbocycles. The second-order valence-electron chi connectivity index (χ2n) is 5.25. The molecule has 23 heavy (non-hydrogen) atoms. The number of fused-ring (bicyclic) bond motifs is 1. The average molecular weight is 311 g/mol. The molecule has 0 radical (unpaired) electrons. The van der Waals surface area contributed by atoms with Gasteiger partial charge in [-0.15, -0.1) is 0 Å². The fraction of sp³-hybridized carbons (Fsp3) is 0.235. The van der Waals surface area contributed by atoms with Gasteiger partial charge in [0.15, 0.2) is 0 Å². The van der Waals surface area contributed by atoms with E-state index in [4.69, 9.17) is 9.26 Å². The normalized spacial score (nSPS) is 12.1. The topological polar surface area (TPSA) is 68.5 Å². The standard InChI is InChI=1S/C17H17N3O3/c1-11(14-8-9-23-19-14)20(2)17(21)13-10-16(22-3)18-15-7-5-4-6-12(13)15/h4-11H,1-3H3/t11-/m0/s1. The van der Waals surface area contributed by atoms with Gasteiger partial charge < -0.3 is 14.2 Å². The van der Waals surface area contributed by atoms with E-state index in [2.05, 4.69) is 10.1 Å². The van der Waals surface area contributed by atoms with E-state index >= 15 is 0 Å². The van der Waals surface area contributed by atoms with Gasteiger partial charge in [0.25, 0.3) is 5.91 Å². The maximum Gasteiger partial charge on any atom is 0.255 e. The fourth-order valence-electron chi connectivity index (χ4n) is 2.43. The first-order chi connectivity index (χ1) is 11.1. The van der Waals surface area contributed by atoms with Gasteiger partial charge in [-0.3, -0.25) is 4.79 Å². The van der Waals surface area contributed by atoms with Crippen LogP contribution in [0.3, 0.4) is 0 Å². The molecule has 1 atom stereocenters. The molecule has 0 aliphatic heterocycles. The number of hydrogen-bond donors (Lipinski definition) is 0. The van der Waals surface area contributed by atoms with Gasteiger partial charge in [-0.2, -0.15) is 0 Å². The third-order valence-electron chi connectivity index (χ3n) is 3.92. The smallest absolute Gasteiger partial charge is 0.255 e. The summed E-state index contributed by atoms with van der Waals surface area (Å²) in [6.07, 6.45) is 1.50. The van der Waals surface area contributed by atoms with Gasteiger partial charge in [0.05, 0.1) is 24.2 Å². The minimum atomic E-state index is -0.209. The van der Waals surface area contributed by atoms with Crippen molar-refractivity contribution in [3.63, 3.8) is 0 Å². The number of carbonyl (C=O) groups excluding carboxylic acids is 1. The number of ether oxygens (including phenoxy) is 1. The van der Waals surface area contributed by atoms with E-state index in [0.29, 0.717) is 17.1 Å². The van der Waals surface area contributed by atoms with Crippen molar-refractivity contribution in [2.45, 2.75) is 13.0 Å². The molecule has 3 aromatic rings. The number of nitrogens with zero attached hydrogens (tertiary/aromatic N) is 3. The number of methoxy groups -OCH3 is 1. The average Bonchev–Trinajstić information content (AvgIpc) is 3.13. The molecule has 2 aromatic heterocycles. The highest BCUT2D eigenvalue weighted by Gasteiger charge is 2.23. The highest BCUT2D eigenvalue weighted by Crippen LogP contribution is 2.26. The molecular formula is C17H17N3O3. The van der Waals surface area contributed by atoms with Crippen molar-refractivity contribution in [3.05, 3.63) is 53.9 Å². The molecular weight excluding hydrogens is 294 g/mol. The lowest BCUT2D eigenvalue weighted by molar-refractivity contribution is 0.0739. The Morgan fingerprint density at radius 2 is 2.09 bits per heavy atom. The minimum absolute atomic E-state index is 0.127. The number of pyridine rings is 1. The molecule has 0 N–H and O–H groups in total. The number of para-hydroxylation sites is 1. The number of benzene rings is 1. The summed E-state index contributed by atoms with van der Waals surface area (Å²) in [5, 5.41) is 4.69. The Morgan fingerprint density at radius 3 is 2.78 bits per heavy atom. The molecule has 1 amide bonds. The molecule has 3 rings (SSSR count). The summed E-state index contributed by atoms with van der Waals surface area (Å²) in [5.74, 6) is 0.284. The van der Waals surface area contributed by atoms with Crippen LogP contribution in [0.5, 0.6) is 5.88 Å². The SMILES string of the molecule is COc1cc(C(=O)N(C)[C@@H](C)c2ccon2)c2ccccc2n1. The third-order valence-corrected chi connectivity index (χ3v) is 3.92. The predicted molar refractivity (Wildman–Crippen MR) is 85.3 cm³/mol. The number of carbonyl (C=O) groups is 1. The summed E-state index contributed by atoms with van der Waals surface area (Å²) in [6.45, 7) is 1.90. The van der Waals surface area contributed by atoms with Gasteiger partial charge in [-0.25, -0.2) is 4.98 Å². The molecule has 0 aliphatic rings. The molecule has 1 aromatic carbocycles. The zero-order valence-electron chi connectivity index (χ0n) is 13.2. The molecule has 118 valence electrons. The van der Waals surface area contributed by atoms with Gasteiger partial charge in [0.2, 0.25) is 5.88 Å². The molecule has 0 spiro atoms. The van der Waals surface area contributed by atoms with E-state index < -0.39 is 0 Å². The second kappa shape index (κ2) is 6.08. The first-order valence-corrected chi connectivity index (χ1v) is 7.23. The van der Waals surface area contributed by atoms with E-state index in [1.54, 1.807) is 24.1 Å². The lowest BCUT2D eigenvalue weighted by Gasteiger charge is -2.24. The van der Waals surface area contributed by atoms with Crippen molar-refractivity contribution in [1.82, 2.24) is 15.0 Å². The van der Waals surface area contributed by atoms with E-state index in [9.17, 15) is 4.79 Å². The van der Waals surface area contributed by atoms with E-state index in [-0.39, 0.29) is 11.9 Å². The van der Waals surface area contributed by atoms with Crippen molar-refractivity contribution >= 4 is 16.8 Å². The third kappa shape index (κ3) is 2.75. The molecule has 0 saturated heterocycles. The Hall–Kier alpha value is -2.89. The monoisotopic (exact) mass is 311 g/mol. The largest absolute Gasteiger partial charge is 0.481 e. The summed E-state index contributed by atoms with van der Waals surface area (Å²) >= 11 is 0. The number of amides is 1. The summed E-state index contributed by atoms with van der Waals surface area (Å²) in [6, 6.07) is 10.7. The lowest BCUT2D eigenvalue weighted by Crippen LogP contribution is -2.30. The summed E-state index contributed by atoms with van der Waals surface area (Å²) in [7, 11) is 3.27. The minimum Gasteiger partial charge on any atom is -0.481 e. The second-order valence-corrected chi connectivity index (χ2v) is 5.25. The molecule has 6 heteroatoms. The van der Waals surface area contributed by atoms with Gasteiger partial charge in [-0.05, 0) is 13.0 Å². The van der Waals surface area contributed by atoms with Crippen LogP contribution in [0.1, 0.15) is 29.0 Å². The fourth-order valence-corrected chi connectivity index (χ4v) is 2.43. The van der Waals surface area contributed by atoms with Crippen molar-refractivity contribution in [2.24, 2.45) is 0 Å². The Labute approximate surface area is 133 Å². The van der Waals surface area contributed by atoms with E-state index in [1.807, 2.05) is 31.2 Å². The Bertz CT molecular complexity index is 830. The van der Waals surface area contributed by atoms with Gasteiger partial charge in [0.1, 0.15) is 12.0 Å². The van der Waals surface area contributed by atoms with Crippen molar-refractivity contribution in [2.75, 3.05) is 14.2 Å². The van der Waals surface area contributed by atoms with Crippen LogP contribution in [0.25, 0.3) is 10.9 Å². The van der Waals surface area contributed by atoms with Crippen molar-refractivity contribution < 1.29 is 14.1 Å². The van der Waals surface area contributed by atoms with Crippen molar-refractivity contribution in [1.29, 1.82) is 0 Å². The highest BCUT2D eigenvalue weighted by atomic mass is 16.5. The molecule has 2 heterocycles. The quantitative estimate of drug-likeness (QED) is 0.740. The number of aromatic nitrogens is 2. The summed E-state index contributed by atoms with van der Waals surface area (Å²) in [4.78, 5) is 18.9. The number of rotatable bonds is 4. The molecule has 0 fully saturated rings. The Morgan fingerprint density at radius 1 is 1.30 bits per heavy atom. The maximum absolute atomic E-state index is 12.9. The molecule has 0 unspecified atom stereocenters. The zero-order valence-corrected chi connectivity index (χ0v) is 13.2. The van der Waals surface area contributed by atoms with Crippen LogP contribution >= 0.6 is 0 Å². The van der Waals surface area contributed by atoms with Crippen LogP contribution < -0.4 is 4.74 Å². The van der Waals surface area contributed by atoms with Gasteiger partial charge >= 0.3 is 0 Å². The first kappa shape index (κ1) is 15.0. The van der Waals surface area contributed by atoms with Crippen LogP contribution in [0, 0.1) is 0 Å². The zero-order chi connectivity index (χ0) is 16.4. The van der Waals surface area contributed by atoms with E-state index in [0.717, 1.165) is 10.9 Å². The molecule has 0 bridgehead atoms. The maximum atomic E-state index is 12.9.